The highest BCUT2D eigenvalue weighted by atomic mass is 16.6. The van der Waals surface area contributed by atoms with Gasteiger partial charge < -0.3 is 9.47 Å². The predicted molar refractivity (Wildman–Crippen MR) is 68.1 cm³/mol. The fourth-order valence-corrected chi connectivity index (χ4v) is 4.36. The van der Waals surface area contributed by atoms with E-state index in [-0.39, 0.29) is 17.4 Å². The third kappa shape index (κ3) is 1.25. The van der Waals surface area contributed by atoms with Crippen LogP contribution < -0.4 is 0 Å². The molecular formula is C15H20O4. The summed E-state index contributed by atoms with van der Waals surface area (Å²) in [5.41, 5.74) is -0.123. The van der Waals surface area contributed by atoms with Gasteiger partial charge in [0, 0.05) is 5.92 Å². The summed E-state index contributed by atoms with van der Waals surface area (Å²) < 4.78 is 10.4. The van der Waals surface area contributed by atoms with Crippen LogP contribution in [0.5, 0.6) is 0 Å². The summed E-state index contributed by atoms with van der Waals surface area (Å²) in [5, 5.41) is 0. The van der Waals surface area contributed by atoms with Gasteiger partial charge in [-0.05, 0) is 30.6 Å². The highest BCUT2D eigenvalue weighted by Gasteiger charge is 2.70. The molecule has 19 heavy (non-hydrogen) atoms. The normalized spacial score (nSPS) is 47.8. The summed E-state index contributed by atoms with van der Waals surface area (Å²) in [7, 11) is 1.33. The zero-order valence-electron chi connectivity index (χ0n) is 11.7. The van der Waals surface area contributed by atoms with Gasteiger partial charge in [0.05, 0.1) is 7.11 Å². The maximum absolute atomic E-state index is 12.3. The molecule has 3 rings (SSSR count). The summed E-state index contributed by atoms with van der Waals surface area (Å²) in [4.78, 5) is 24.5. The Morgan fingerprint density at radius 3 is 2.79 bits per heavy atom. The van der Waals surface area contributed by atoms with Crippen molar-refractivity contribution in [1.82, 2.24) is 0 Å². The highest BCUT2D eigenvalue weighted by molar-refractivity contribution is 6.02. The number of fused-ring (bicyclic) bond motifs is 1. The fraction of sp³-hybridized carbons (Fsp3) is 0.733. The summed E-state index contributed by atoms with van der Waals surface area (Å²) in [6.07, 6.45) is 1.91. The molecule has 104 valence electrons. The molecule has 1 heterocycles. The van der Waals surface area contributed by atoms with E-state index in [1.54, 1.807) is 0 Å². The molecule has 0 amide bonds. The molecule has 0 radical (unpaired) electrons. The van der Waals surface area contributed by atoms with Crippen LogP contribution >= 0.6 is 0 Å². The maximum atomic E-state index is 12.3. The van der Waals surface area contributed by atoms with E-state index in [9.17, 15) is 9.59 Å². The molecule has 4 nitrogen and oxygen atoms in total. The first-order chi connectivity index (χ1) is 8.87. The molecule has 2 bridgehead atoms. The lowest BCUT2D eigenvalue weighted by atomic mass is 9.48. The Labute approximate surface area is 113 Å². The monoisotopic (exact) mass is 264 g/mol. The van der Waals surface area contributed by atoms with Gasteiger partial charge in [-0.15, -0.1) is 0 Å². The molecule has 0 aromatic heterocycles. The van der Waals surface area contributed by atoms with Crippen molar-refractivity contribution in [2.75, 3.05) is 7.11 Å². The quantitative estimate of drug-likeness (QED) is 0.413. The molecule has 0 spiro atoms. The van der Waals surface area contributed by atoms with E-state index in [2.05, 4.69) is 20.4 Å². The van der Waals surface area contributed by atoms with Crippen LogP contribution in [0, 0.1) is 22.7 Å². The maximum Gasteiger partial charge on any atom is 0.324 e. The van der Waals surface area contributed by atoms with Gasteiger partial charge in [-0.2, -0.15) is 0 Å². The molecule has 3 fully saturated rings. The number of carbonyl (C=O) groups excluding carboxylic acids is 2. The van der Waals surface area contributed by atoms with E-state index in [1.807, 2.05) is 0 Å². The molecule has 0 aromatic rings. The van der Waals surface area contributed by atoms with Gasteiger partial charge >= 0.3 is 11.9 Å². The van der Waals surface area contributed by atoms with Gasteiger partial charge in [0.25, 0.3) is 0 Å². The lowest BCUT2D eigenvalue weighted by molar-refractivity contribution is -0.166. The van der Waals surface area contributed by atoms with Crippen LogP contribution in [0.4, 0.5) is 0 Å². The number of ether oxygens (including phenoxy) is 2. The van der Waals surface area contributed by atoms with Crippen LogP contribution in [-0.2, 0) is 19.1 Å². The van der Waals surface area contributed by atoms with Crippen LogP contribution in [-0.4, -0.2) is 25.2 Å². The minimum Gasteiger partial charge on any atom is -0.468 e. The van der Waals surface area contributed by atoms with Gasteiger partial charge in [0.2, 0.25) is 0 Å². The van der Waals surface area contributed by atoms with Crippen LogP contribution in [0.1, 0.15) is 33.1 Å². The first-order valence-corrected chi connectivity index (χ1v) is 6.86. The van der Waals surface area contributed by atoms with Crippen molar-refractivity contribution < 1.29 is 19.1 Å². The van der Waals surface area contributed by atoms with E-state index in [1.165, 1.54) is 7.11 Å². The lowest BCUT2D eigenvalue weighted by Crippen LogP contribution is -2.54. The average molecular weight is 264 g/mol. The smallest absolute Gasteiger partial charge is 0.324 e. The third-order valence-electron chi connectivity index (χ3n) is 5.90. The number of hydrogen-bond acceptors (Lipinski definition) is 4. The molecule has 0 N–H and O–H groups in total. The van der Waals surface area contributed by atoms with Gasteiger partial charge in [0.15, 0.2) is 5.41 Å². The van der Waals surface area contributed by atoms with Gasteiger partial charge in [-0.3, -0.25) is 9.59 Å². The van der Waals surface area contributed by atoms with Crippen molar-refractivity contribution in [3.63, 3.8) is 0 Å². The van der Waals surface area contributed by atoms with Crippen molar-refractivity contribution >= 4 is 11.9 Å². The molecule has 4 heteroatoms. The van der Waals surface area contributed by atoms with Crippen LogP contribution in [0.2, 0.25) is 0 Å². The summed E-state index contributed by atoms with van der Waals surface area (Å²) in [6.45, 7) is 8.59. The molecule has 0 aromatic carbocycles. The summed E-state index contributed by atoms with van der Waals surface area (Å²) >= 11 is 0. The van der Waals surface area contributed by atoms with Gasteiger partial charge in [-0.1, -0.05) is 26.0 Å². The summed E-state index contributed by atoms with van der Waals surface area (Å²) in [5.74, 6) is -0.653. The zero-order valence-corrected chi connectivity index (χ0v) is 11.7. The Balaban J connectivity index is 2.13. The lowest BCUT2D eigenvalue weighted by Gasteiger charge is -2.53. The second kappa shape index (κ2) is 3.62. The Morgan fingerprint density at radius 2 is 2.16 bits per heavy atom. The molecule has 1 aliphatic heterocycles. The van der Waals surface area contributed by atoms with E-state index < -0.39 is 17.4 Å². The minimum absolute atomic E-state index is 0.00662. The number of rotatable bonds is 1. The van der Waals surface area contributed by atoms with E-state index in [0.29, 0.717) is 12.3 Å². The molecule has 1 saturated heterocycles. The van der Waals surface area contributed by atoms with Crippen molar-refractivity contribution in [2.24, 2.45) is 22.7 Å². The molecule has 5 atom stereocenters. The Hall–Kier alpha value is -1.32. The molecule has 2 aliphatic carbocycles. The van der Waals surface area contributed by atoms with Crippen molar-refractivity contribution in [3.05, 3.63) is 12.2 Å². The average Bonchev–Trinajstić information content (AvgIpc) is 2.67. The SMILES string of the molecule is C=C1[C@H]2[C@@H]3C[C@H](C)[C@@]1(C)CC[C@@]2(C(=O)OC)C(=O)O3. The zero-order chi connectivity index (χ0) is 14.0. The van der Waals surface area contributed by atoms with Crippen LogP contribution in [0.15, 0.2) is 12.2 Å². The van der Waals surface area contributed by atoms with Crippen molar-refractivity contribution in [3.8, 4) is 0 Å². The largest absolute Gasteiger partial charge is 0.468 e. The van der Waals surface area contributed by atoms with Crippen LogP contribution in [0.3, 0.4) is 0 Å². The molecule has 2 saturated carbocycles. The Kier molecular flexibility index (Phi) is 2.42. The van der Waals surface area contributed by atoms with E-state index in [0.717, 1.165) is 18.4 Å². The van der Waals surface area contributed by atoms with Crippen molar-refractivity contribution in [2.45, 2.75) is 39.2 Å². The standard InChI is InChI=1S/C15H20O4/c1-8-7-10-11-9(2)14(8,3)5-6-15(11,12(16)18-4)13(17)19-10/h8,10-11H,2,5-7H2,1,3-4H3/t8-,10-,11-,14+,15+/m0/s1. The molecular weight excluding hydrogens is 244 g/mol. The Morgan fingerprint density at radius 1 is 1.47 bits per heavy atom. The highest BCUT2D eigenvalue weighted by Crippen LogP contribution is 2.64. The fourth-order valence-electron chi connectivity index (χ4n) is 4.36. The molecule has 0 unspecified atom stereocenters. The Bertz CT molecular complexity index is 483. The number of carbonyl (C=O) groups is 2. The third-order valence-corrected chi connectivity index (χ3v) is 5.90. The molecule has 3 aliphatic rings. The summed E-state index contributed by atoms with van der Waals surface area (Å²) in [6, 6.07) is 0. The number of esters is 2. The number of hydrogen-bond donors (Lipinski definition) is 0. The second-order valence-corrected chi connectivity index (χ2v) is 6.46. The van der Waals surface area contributed by atoms with Crippen molar-refractivity contribution in [1.29, 1.82) is 0 Å². The number of methoxy groups -OCH3 is 1. The predicted octanol–water partition coefficient (Wildman–Crippen LogP) is 2.08. The van der Waals surface area contributed by atoms with Crippen LogP contribution in [0.25, 0.3) is 0 Å². The minimum atomic E-state index is -1.13. The first kappa shape index (κ1) is 12.7. The topological polar surface area (TPSA) is 52.6 Å². The van der Waals surface area contributed by atoms with E-state index in [4.69, 9.17) is 9.47 Å². The van der Waals surface area contributed by atoms with Gasteiger partial charge in [-0.25, -0.2) is 0 Å². The van der Waals surface area contributed by atoms with E-state index >= 15 is 0 Å². The first-order valence-electron chi connectivity index (χ1n) is 6.86. The van der Waals surface area contributed by atoms with Gasteiger partial charge in [0.1, 0.15) is 6.10 Å². The second-order valence-electron chi connectivity index (χ2n) is 6.46.